The minimum atomic E-state index is 0.490. The summed E-state index contributed by atoms with van der Waals surface area (Å²) in [5, 5.41) is 4.43. The second-order valence-electron chi connectivity index (χ2n) is 3.15. The van der Waals surface area contributed by atoms with Crippen LogP contribution in [0.15, 0.2) is 17.4 Å². The Morgan fingerprint density at radius 1 is 1.40 bits per heavy atom. The minimum Gasteiger partial charge on any atom is -0.366 e. The molecule has 0 amide bonds. The Labute approximate surface area is 99.9 Å². The molecule has 0 spiro atoms. The first kappa shape index (κ1) is 12.6. The molecule has 0 fully saturated rings. The van der Waals surface area contributed by atoms with Crippen LogP contribution in [0.25, 0.3) is 0 Å². The molecule has 0 saturated heterocycles. The Morgan fingerprint density at radius 3 is 2.80 bits per heavy atom. The number of nitrogens with zero attached hydrogens (tertiary/aromatic N) is 2. The van der Waals surface area contributed by atoms with E-state index in [9.17, 15) is 0 Å². The Balaban J connectivity index is 2.61. The van der Waals surface area contributed by atoms with Crippen molar-refractivity contribution < 1.29 is 0 Å². The topological polar surface area (TPSA) is 37.8 Å². The third-order valence-corrected chi connectivity index (χ3v) is 3.44. The fourth-order valence-corrected chi connectivity index (χ4v) is 2.31. The molecule has 0 aliphatic carbocycles. The average Bonchev–Trinajstić information content (AvgIpc) is 2.29. The SMILES string of the molecule is CCC(CSC)Nc1cc(SC)ncn1. The molecule has 0 aromatic carbocycles. The molecule has 5 heteroatoms. The third kappa shape index (κ3) is 4.30. The number of nitrogens with one attached hydrogen (secondary N) is 1. The maximum Gasteiger partial charge on any atom is 0.130 e. The van der Waals surface area contributed by atoms with Crippen LogP contribution in [-0.2, 0) is 0 Å². The molecule has 1 atom stereocenters. The number of anilines is 1. The summed E-state index contributed by atoms with van der Waals surface area (Å²) in [4.78, 5) is 8.36. The number of hydrogen-bond acceptors (Lipinski definition) is 5. The van der Waals surface area contributed by atoms with Crippen molar-refractivity contribution in [2.75, 3.05) is 23.6 Å². The highest BCUT2D eigenvalue weighted by Crippen LogP contribution is 2.15. The lowest BCUT2D eigenvalue weighted by Gasteiger charge is -2.16. The van der Waals surface area contributed by atoms with E-state index < -0.39 is 0 Å². The van der Waals surface area contributed by atoms with Gasteiger partial charge in [0, 0.05) is 17.9 Å². The zero-order valence-corrected chi connectivity index (χ0v) is 11.0. The van der Waals surface area contributed by atoms with Crippen molar-refractivity contribution in [2.24, 2.45) is 0 Å². The summed E-state index contributed by atoms with van der Waals surface area (Å²) in [6, 6.07) is 2.48. The van der Waals surface area contributed by atoms with Crippen LogP contribution in [-0.4, -0.2) is 34.3 Å². The summed E-state index contributed by atoms with van der Waals surface area (Å²) in [5.41, 5.74) is 0. The first-order valence-electron chi connectivity index (χ1n) is 4.91. The fourth-order valence-electron chi connectivity index (χ4n) is 1.20. The van der Waals surface area contributed by atoms with E-state index in [1.165, 1.54) is 0 Å². The van der Waals surface area contributed by atoms with Gasteiger partial charge in [0.05, 0.1) is 0 Å². The van der Waals surface area contributed by atoms with E-state index in [1.807, 2.05) is 24.1 Å². The van der Waals surface area contributed by atoms with Crippen molar-refractivity contribution in [1.82, 2.24) is 9.97 Å². The molecule has 84 valence electrons. The summed E-state index contributed by atoms with van der Waals surface area (Å²) in [5.74, 6) is 2.03. The van der Waals surface area contributed by atoms with Gasteiger partial charge in [-0.05, 0) is 18.9 Å². The standard InChI is InChI=1S/C10H17N3S2/c1-4-8(6-14-2)13-9-5-10(15-3)12-7-11-9/h5,7-8H,4,6H2,1-3H3,(H,11,12,13). The highest BCUT2D eigenvalue weighted by atomic mass is 32.2. The highest BCUT2D eigenvalue weighted by molar-refractivity contribution is 7.98. The average molecular weight is 243 g/mol. The molecule has 1 aromatic rings. The predicted octanol–water partition coefficient (Wildman–Crippen LogP) is 2.75. The van der Waals surface area contributed by atoms with Crippen molar-refractivity contribution in [1.29, 1.82) is 0 Å². The van der Waals surface area contributed by atoms with E-state index in [-0.39, 0.29) is 0 Å². The van der Waals surface area contributed by atoms with Gasteiger partial charge >= 0.3 is 0 Å². The van der Waals surface area contributed by atoms with E-state index in [4.69, 9.17) is 0 Å². The van der Waals surface area contributed by atoms with Crippen LogP contribution in [0, 0.1) is 0 Å². The summed E-state index contributed by atoms with van der Waals surface area (Å²) in [6.07, 6.45) is 6.86. The largest absolute Gasteiger partial charge is 0.366 e. The first-order valence-corrected chi connectivity index (χ1v) is 7.53. The van der Waals surface area contributed by atoms with Crippen molar-refractivity contribution >= 4 is 29.3 Å². The van der Waals surface area contributed by atoms with Crippen LogP contribution in [0.5, 0.6) is 0 Å². The molecule has 0 saturated carbocycles. The molecule has 1 unspecified atom stereocenters. The van der Waals surface area contributed by atoms with Crippen molar-refractivity contribution in [3.05, 3.63) is 12.4 Å². The Bertz CT molecular complexity index is 294. The van der Waals surface area contributed by atoms with Gasteiger partial charge in [-0.15, -0.1) is 11.8 Å². The van der Waals surface area contributed by atoms with Gasteiger partial charge < -0.3 is 5.32 Å². The lowest BCUT2D eigenvalue weighted by Crippen LogP contribution is -2.21. The van der Waals surface area contributed by atoms with Gasteiger partial charge in [-0.1, -0.05) is 6.92 Å². The summed E-state index contributed by atoms with van der Waals surface area (Å²) in [6.45, 7) is 2.19. The van der Waals surface area contributed by atoms with Crippen LogP contribution >= 0.6 is 23.5 Å². The highest BCUT2D eigenvalue weighted by Gasteiger charge is 2.06. The number of hydrogen-bond donors (Lipinski definition) is 1. The van der Waals surface area contributed by atoms with E-state index in [2.05, 4.69) is 28.5 Å². The van der Waals surface area contributed by atoms with Gasteiger partial charge in [0.1, 0.15) is 17.2 Å². The quantitative estimate of drug-likeness (QED) is 0.614. The maximum atomic E-state index is 4.21. The first-order chi connectivity index (χ1) is 7.30. The molecule has 0 aliphatic rings. The Hall–Kier alpha value is -0.420. The van der Waals surface area contributed by atoms with Gasteiger partial charge in [0.15, 0.2) is 0 Å². The van der Waals surface area contributed by atoms with Crippen molar-refractivity contribution in [3.63, 3.8) is 0 Å². The van der Waals surface area contributed by atoms with Crippen molar-refractivity contribution in [2.45, 2.75) is 24.4 Å². The summed E-state index contributed by atoms with van der Waals surface area (Å²) in [7, 11) is 0. The van der Waals surface area contributed by atoms with E-state index in [0.29, 0.717) is 6.04 Å². The molecular weight excluding hydrogens is 226 g/mol. The number of aromatic nitrogens is 2. The van der Waals surface area contributed by atoms with Crippen LogP contribution in [0.2, 0.25) is 0 Å². The molecule has 1 aromatic heterocycles. The lowest BCUT2D eigenvalue weighted by molar-refractivity contribution is 0.767. The molecule has 1 heterocycles. The second-order valence-corrected chi connectivity index (χ2v) is 4.89. The molecule has 0 radical (unpaired) electrons. The second kappa shape index (κ2) is 6.95. The van der Waals surface area contributed by atoms with Crippen LogP contribution in [0.3, 0.4) is 0 Å². The summed E-state index contributed by atoms with van der Waals surface area (Å²) < 4.78 is 0. The van der Waals surface area contributed by atoms with Crippen LogP contribution in [0.1, 0.15) is 13.3 Å². The van der Waals surface area contributed by atoms with Gasteiger partial charge in [0.25, 0.3) is 0 Å². The number of rotatable bonds is 6. The minimum absolute atomic E-state index is 0.490. The van der Waals surface area contributed by atoms with E-state index in [1.54, 1.807) is 18.1 Å². The molecule has 1 rings (SSSR count). The molecule has 0 aliphatic heterocycles. The lowest BCUT2D eigenvalue weighted by atomic mass is 10.2. The number of thioether (sulfide) groups is 2. The van der Waals surface area contributed by atoms with Crippen LogP contribution in [0.4, 0.5) is 5.82 Å². The predicted molar refractivity (Wildman–Crippen MR) is 69.9 cm³/mol. The monoisotopic (exact) mass is 243 g/mol. The zero-order chi connectivity index (χ0) is 11.1. The molecule has 1 N–H and O–H groups in total. The third-order valence-electron chi connectivity index (χ3n) is 2.06. The van der Waals surface area contributed by atoms with Crippen LogP contribution < -0.4 is 5.32 Å². The van der Waals surface area contributed by atoms with Gasteiger partial charge in [0.2, 0.25) is 0 Å². The molecule has 0 bridgehead atoms. The normalized spacial score (nSPS) is 12.5. The molecular formula is C10H17N3S2. The summed E-state index contributed by atoms with van der Waals surface area (Å²) >= 11 is 3.49. The van der Waals surface area contributed by atoms with Gasteiger partial charge in [-0.3, -0.25) is 0 Å². The smallest absolute Gasteiger partial charge is 0.130 e. The maximum absolute atomic E-state index is 4.21. The van der Waals surface area contributed by atoms with Crippen molar-refractivity contribution in [3.8, 4) is 0 Å². The van der Waals surface area contributed by atoms with E-state index >= 15 is 0 Å². The van der Waals surface area contributed by atoms with E-state index in [0.717, 1.165) is 23.0 Å². The zero-order valence-electron chi connectivity index (χ0n) is 9.36. The Morgan fingerprint density at radius 2 is 2.20 bits per heavy atom. The Kier molecular flexibility index (Phi) is 5.86. The molecule has 15 heavy (non-hydrogen) atoms. The van der Waals surface area contributed by atoms with Gasteiger partial charge in [-0.2, -0.15) is 11.8 Å². The fraction of sp³-hybridized carbons (Fsp3) is 0.600. The van der Waals surface area contributed by atoms with Gasteiger partial charge in [-0.25, -0.2) is 9.97 Å². The molecule has 3 nitrogen and oxygen atoms in total.